The molecule has 0 aromatic carbocycles. The second-order valence-electron chi connectivity index (χ2n) is 14.7. The molecule has 5 aliphatic rings. The Morgan fingerprint density at radius 1 is 1.10 bits per heavy atom. The number of carbonyl (C=O) groups is 4. The largest absolute Gasteiger partial charge is 0.462 e. The summed E-state index contributed by atoms with van der Waals surface area (Å²) < 4.78 is 11.8. The number of carbonyl (C=O) groups excluding carboxylic acids is 4. The quantitative estimate of drug-likeness (QED) is 0.315. The molecule has 1 N–H and O–H groups in total. The number of Topliss-reactive ketones (excluding diaryl/α,β-unsaturated/α-hetero) is 1. The van der Waals surface area contributed by atoms with Crippen LogP contribution < -0.4 is 0 Å². The van der Waals surface area contributed by atoms with Crippen LogP contribution in [0.25, 0.3) is 0 Å². The number of hydrogen-bond donors (Lipinski definition) is 1. The summed E-state index contributed by atoms with van der Waals surface area (Å²) in [5.74, 6) is -1.31. The molecule has 0 bridgehead atoms. The maximum absolute atomic E-state index is 13.7. The predicted octanol–water partition coefficient (Wildman–Crippen LogP) is 5.24. The number of allylic oxidation sites excluding steroid dienone is 2. The third-order valence-electron chi connectivity index (χ3n) is 13.1. The van der Waals surface area contributed by atoms with Crippen LogP contribution in [0.5, 0.6) is 0 Å². The van der Waals surface area contributed by atoms with Crippen molar-refractivity contribution in [3.63, 3.8) is 0 Å². The molecule has 0 aliphatic heterocycles. The molecule has 0 heterocycles. The summed E-state index contributed by atoms with van der Waals surface area (Å²) in [4.78, 5) is 51.1. The topological polar surface area (TPSA) is 107 Å². The van der Waals surface area contributed by atoms with E-state index in [1.807, 2.05) is 13.0 Å². The summed E-state index contributed by atoms with van der Waals surface area (Å²) in [5, 5.41) is 9.69. The van der Waals surface area contributed by atoms with Gasteiger partial charge in [0.15, 0.2) is 17.7 Å². The summed E-state index contributed by atoms with van der Waals surface area (Å²) in [5.41, 5.74) is -0.000337. The van der Waals surface area contributed by atoms with Crippen molar-refractivity contribution in [2.24, 2.45) is 57.2 Å². The van der Waals surface area contributed by atoms with Crippen molar-refractivity contribution in [3.8, 4) is 0 Å². The van der Waals surface area contributed by atoms with E-state index in [2.05, 4.69) is 33.4 Å². The SMILES string of the molecule is C=C(C(=O)[C@H](OC(C)=O)[C@@H](C)[C@H]1[C@@H](OC(C)=O)C[C@@]2(C)[C@@H]3CC[C@H]4[C@H](C)C(=O)C=C[C@]45C[C@]35CC[C@]12C)[C@@H](C)CO. The Bertz CT molecular complexity index is 1200. The molecule has 0 radical (unpaired) electrons. The highest BCUT2D eigenvalue weighted by molar-refractivity contribution is 5.99. The van der Waals surface area contributed by atoms with Crippen LogP contribution in [0.2, 0.25) is 0 Å². The zero-order valence-electron chi connectivity index (χ0n) is 25.8. The molecule has 4 saturated carbocycles. The summed E-state index contributed by atoms with van der Waals surface area (Å²) in [6.07, 6.45) is 8.38. The molecule has 5 aliphatic carbocycles. The van der Waals surface area contributed by atoms with Gasteiger partial charge in [-0.2, -0.15) is 0 Å². The molecule has 0 unspecified atom stereocenters. The van der Waals surface area contributed by atoms with Gasteiger partial charge in [-0.15, -0.1) is 0 Å². The van der Waals surface area contributed by atoms with Crippen molar-refractivity contribution in [1.29, 1.82) is 0 Å². The number of ketones is 2. The van der Waals surface area contributed by atoms with Gasteiger partial charge in [-0.3, -0.25) is 19.2 Å². The first kappa shape index (κ1) is 30.2. The molecule has 5 rings (SSSR count). The van der Waals surface area contributed by atoms with Crippen molar-refractivity contribution in [2.75, 3.05) is 6.61 Å². The third-order valence-corrected chi connectivity index (χ3v) is 13.1. The van der Waals surface area contributed by atoms with Crippen LogP contribution in [0.1, 0.15) is 87.0 Å². The van der Waals surface area contributed by atoms with Gasteiger partial charge in [0.25, 0.3) is 0 Å². The lowest BCUT2D eigenvalue weighted by Gasteiger charge is -2.61. The van der Waals surface area contributed by atoms with E-state index in [1.165, 1.54) is 13.8 Å². The maximum Gasteiger partial charge on any atom is 0.303 e. The van der Waals surface area contributed by atoms with Gasteiger partial charge < -0.3 is 14.6 Å². The van der Waals surface area contributed by atoms with E-state index in [1.54, 1.807) is 6.92 Å². The molecule has 4 fully saturated rings. The minimum atomic E-state index is -1.08. The van der Waals surface area contributed by atoms with E-state index >= 15 is 0 Å². The molecule has 0 saturated heterocycles. The summed E-state index contributed by atoms with van der Waals surface area (Å²) in [6, 6.07) is 0. The summed E-state index contributed by atoms with van der Waals surface area (Å²) >= 11 is 0. The van der Waals surface area contributed by atoms with Gasteiger partial charge in [0.2, 0.25) is 0 Å². The van der Waals surface area contributed by atoms with Crippen LogP contribution in [-0.2, 0) is 28.7 Å². The first-order valence-corrected chi connectivity index (χ1v) is 15.5. The van der Waals surface area contributed by atoms with Crippen LogP contribution in [0, 0.1) is 57.2 Å². The Balaban J connectivity index is 1.54. The van der Waals surface area contributed by atoms with Crippen molar-refractivity contribution in [1.82, 2.24) is 0 Å². The highest BCUT2D eigenvalue weighted by atomic mass is 16.6. The zero-order valence-corrected chi connectivity index (χ0v) is 25.8. The van der Waals surface area contributed by atoms with Gasteiger partial charge in [0.1, 0.15) is 6.10 Å². The van der Waals surface area contributed by atoms with Crippen LogP contribution in [0.4, 0.5) is 0 Å². The van der Waals surface area contributed by atoms with E-state index < -0.39 is 30.0 Å². The average Bonchev–Trinajstić information content (AvgIpc) is 3.52. The van der Waals surface area contributed by atoms with Crippen LogP contribution in [-0.4, -0.2) is 47.4 Å². The van der Waals surface area contributed by atoms with Crippen molar-refractivity contribution in [2.45, 2.75) is 99.2 Å². The Morgan fingerprint density at radius 2 is 1.78 bits per heavy atom. The zero-order chi connectivity index (χ0) is 30.3. The monoisotopic (exact) mass is 568 g/mol. The van der Waals surface area contributed by atoms with Crippen LogP contribution >= 0.6 is 0 Å². The molecule has 41 heavy (non-hydrogen) atoms. The molecule has 7 nitrogen and oxygen atoms in total. The van der Waals surface area contributed by atoms with Gasteiger partial charge in [-0.05, 0) is 83.7 Å². The number of fused-ring (bicyclic) bond motifs is 2. The fraction of sp³-hybridized carbons (Fsp3) is 0.765. The first-order valence-electron chi connectivity index (χ1n) is 15.5. The molecule has 2 spiro atoms. The third kappa shape index (κ3) is 4.07. The standard InChI is InChI=1S/C34H48O7/c1-18(16-35)19(2)29(39)30(41-23(6)37)21(4)28-26(40-22(5)36)15-32(8)27-10-9-24-20(3)25(38)11-12-33(24)17-34(27,33)14-13-31(28,32)7/h11-12,18,20-21,24,26-28,30,35H,2,9-10,13-17H2,1,3-8H3/t18-,20-,21-,24-,26-,27-,28-,30+,31+,32-,33-,34+/m0/s1. The van der Waals surface area contributed by atoms with E-state index in [-0.39, 0.29) is 63.2 Å². The molecular weight excluding hydrogens is 520 g/mol. The van der Waals surface area contributed by atoms with E-state index in [0.29, 0.717) is 18.3 Å². The lowest BCUT2D eigenvalue weighted by atomic mass is 9.43. The predicted molar refractivity (Wildman–Crippen MR) is 153 cm³/mol. The van der Waals surface area contributed by atoms with Gasteiger partial charge >= 0.3 is 11.9 Å². The minimum Gasteiger partial charge on any atom is -0.462 e. The Hall–Kier alpha value is -2.28. The Kier molecular flexibility index (Phi) is 7.28. The minimum absolute atomic E-state index is 0.0523. The molecule has 12 atom stereocenters. The van der Waals surface area contributed by atoms with Gasteiger partial charge in [0, 0.05) is 44.1 Å². The molecule has 0 amide bonds. The first-order chi connectivity index (χ1) is 19.1. The van der Waals surface area contributed by atoms with Crippen molar-refractivity contribution in [3.05, 3.63) is 24.3 Å². The van der Waals surface area contributed by atoms with Crippen LogP contribution in [0.15, 0.2) is 24.3 Å². The van der Waals surface area contributed by atoms with Gasteiger partial charge in [-0.25, -0.2) is 0 Å². The second kappa shape index (κ2) is 9.89. The number of rotatable bonds is 8. The van der Waals surface area contributed by atoms with Crippen molar-refractivity contribution < 1.29 is 33.8 Å². The Morgan fingerprint density at radius 3 is 2.39 bits per heavy atom. The molecule has 0 aromatic rings. The number of hydrogen-bond acceptors (Lipinski definition) is 7. The second-order valence-corrected chi connectivity index (χ2v) is 14.7. The van der Waals surface area contributed by atoms with E-state index in [0.717, 1.165) is 32.1 Å². The smallest absolute Gasteiger partial charge is 0.303 e. The number of aliphatic hydroxyl groups is 1. The fourth-order valence-electron chi connectivity index (χ4n) is 10.9. The summed E-state index contributed by atoms with van der Waals surface area (Å²) in [7, 11) is 0. The van der Waals surface area contributed by atoms with Crippen LogP contribution in [0.3, 0.4) is 0 Å². The lowest BCUT2D eigenvalue weighted by Crippen LogP contribution is -2.56. The van der Waals surface area contributed by atoms with Crippen molar-refractivity contribution >= 4 is 23.5 Å². The number of esters is 2. The van der Waals surface area contributed by atoms with E-state index in [9.17, 15) is 24.3 Å². The molecule has 226 valence electrons. The van der Waals surface area contributed by atoms with E-state index in [4.69, 9.17) is 9.47 Å². The maximum atomic E-state index is 13.7. The average molecular weight is 569 g/mol. The lowest BCUT2D eigenvalue weighted by molar-refractivity contribution is -0.166. The highest BCUT2D eigenvalue weighted by Crippen LogP contribution is 2.87. The Labute approximate surface area is 244 Å². The highest BCUT2D eigenvalue weighted by Gasteiger charge is 2.81. The molecule has 0 aromatic heterocycles. The normalized spacial score (nSPS) is 44.3. The molecular formula is C34H48O7. The molecule has 7 heteroatoms. The van der Waals surface area contributed by atoms with Gasteiger partial charge in [0.05, 0.1) is 0 Å². The number of aliphatic hydroxyl groups excluding tert-OH is 1. The summed E-state index contributed by atoms with van der Waals surface area (Å²) in [6.45, 7) is 16.9. The van der Waals surface area contributed by atoms with Gasteiger partial charge in [-0.1, -0.05) is 47.3 Å². The fourth-order valence-corrected chi connectivity index (χ4v) is 10.9. The number of ether oxygens (including phenoxy) is 2.